The molecule has 0 aromatic carbocycles. The summed E-state index contributed by atoms with van der Waals surface area (Å²) < 4.78 is 5.14. The topological polar surface area (TPSA) is 62.4 Å². The Hall–Kier alpha value is -1.10. The third-order valence-electron chi connectivity index (χ3n) is 2.93. The van der Waals surface area contributed by atoms with Gasteiger partial charge in [-0.25, -0.2) is 0 Å². The Morgan fingerprint density at radius 3 is 2.60 bits per heavy atom. The quantitative estimate of drug-likeness (QED) is 0.812. The fraction of sp³-hybridized carbons (Fsp3) is 0.800. The lowest BCUT2D eigenvalue weighted by Crippen LogP contribution is -2.19. The molecular formula is C10H17N3O2. The van der Waals surface area contributed by atoms with Crippen LogP contribution in [0.5, 0.6) is 0 Å². The van der Waals surface area contributed by atoms with Crippen molar-refractivity contribution in [1.29, 1.82) is 0 Å². The van der Waals surface area contributed by atoms with Gasteiger partial charge >= 0.3 is 0 Å². The maximum atomic E-state index is 9.41. The van der Waals surface area contributed by atoms with E-state index in [0.29, 0.717) is 11.8 Å². The number of nitrogens with zero attached hydrogens (tertiary/aromatic N) is 3. The molecule has 1 aliphatic rings. The summed E-state index contributed by atoms with van der Waals surface area (Å²) in [5, 5.41) is 13.3. The van der Waals surface area contributed by atoms with Crippen LogP contribution in [0.3, 0.4) is 0 Å². The lowest BCUT2D eigenvalue weighted by molar-refractivity contribution is 0.151. The van der Waals surface area contributed by atoms with Crippen LogP contribution in [0.2, 0.25) is 0 Å². The summed E-state index contributed by atoms with van der Waals surface area (Å²) in [5.41, 5.74) is 0. The molecule has 0 saturated carbocycles. The van der Waals surface area contributed by atoms with Gasteiger partial charge < -0.3 is 14.5 Å². The normalized spacial score (nSPS) is 20.6. The molecule has 1 aromatic heterocycles. The first kappa shape index (κ1) is 10.4. The van der Waals surface area contributed by atoms with E-state index >= 15 is 0 Å². The molecule has 2 heterocycles. The Balaban J connectivity index is 2.09. The second-order valence-electron chi connectivity index (χ2n) is 4.16. The number of hydrogen-bond donors (Lipinski definition) is 1. The molecule has 2 unspecified atom stereocenters. The van der Waals surface area contributed by atoms with Crippen LogP contribution in [0.15, 0.2) is 4.52 Å². The van der Waals surface area contributed by atoms with Crippen molar-refractivity contribution in [3.05, 3.63) is 5.89 Å². The summed E-state index contributed by atoms with van der Waals surface area (Å²) in [6.07, 6.45) is 1.92. The lowest BCUT2D eigenvalue weighted by atomic mass is 10.1. The van der Waals surface area contributed by atoms with Crippen molar-refractivity contribution in [2.45, 2.75) is 38.7 Å². The van der Waals surface area contributed by atoms with E-state index in [4.69, 9.17) is 4.52 Å². The van der Waals surface area contributed by atoms with Crippen molar-refractivity contribution in [3.8, 4) is 0 Å². The molecule has 1 aliphatic heterocycles. The molecule has 2 atom stereocenters. The van der Waals surface area contributed by atoms with E-state index in [1.165, 1.54) is 12.8 Å². The van der Waals surface area contributed by atoms with Crippen LogP contribution in [0, 0.1) is 0 Å². The van der Waals surface area contributed by atoms with Gasteiger partial charge in [-0.05, 0) is 24.9 Å². The second-order valence-corrected chi connectivity index (χ2v) is 4.16. The average molecular weight is 211 g/mol. The average Bonchev–Trinajstić information content (AvgIpc) is 2.86. The standard InChI is InChI=1S/C10H17N3O2/c1-7(8(2)14)9-11-10(12-15-9)13-5-3-4-6-13/h7-8,14H,3-6H2,1-2H3. The summed E-state index contributed by atoms with van der Waals surface area (Å²) in [5.74, 6) is 1.08. The van der Waals surface area contributed by atoms with Crippen LogP contribution >= 0.6 is 0 Å². The molecule has 5 heteroatoms. The highest BCUT2D eigenvalue weighted by atomic mass is 16.5. The van der Waals surface area contributed by atoms with Gasteiger partial charge in [0.25, 0.3) is 5.95 Å². The van der Waals surface area contributed by atoms with Gasteiger partial charge in [0.05, 0.1) is 12.0 Å². The van der Waals surface area contributed by atoms with E-state index in [1.54, 1.807) is 6.92 Å². The van der Waals surface area contributed by atoms with Crippen LogP contribution in [0.1, 0.15) is 38.5 Å². The maximum absolute atomic E-state index is 9.41. The van der Waals surface area contributed by atoms with Gasteiger partial charge in [0.15, 0.2) is 0 Å². The van der Waals surface area contributed by atoms with Crippen molar-refractivity contribution >= 4 is 5.95 Å². The Morgan fingerprint density at radius 2 is 2.00 bits per heavy atom. The predicted octanol–water partition coefficient (Wildman–Crippen LogP) is 1.15. The summed E-state index contributed by atoms with van der Waals surface area (Å²) >= 11 is 0. The van der Waals surface area contributed by atoms with E-state index in [9.17, 15) is 5.11 Å². The largest absolute Gasteiger partial charge is 0.393 e. The van der Waals surface area contributed by atoms with Gasteiger partial charge in [-0.1, -0.05) is 6.92 Å². The summed E-state index contributed by atoms with van der Waals surface area (Å²) in [4.78, 5) is 6.41. The fourth-order valence-corrected chi connectivity index (χ4v) is 1.66. The van der Waals surface area contributed by atoms with Crippen molar-refractivity contribution in [3.63, 3.8) is 0 Å². The van der Waals surface area contributed by atoms with Crippen molar-refractivity contribution in [1.82, 2.24) is 10.1 Å². The van der Waals surface area contributed by atoms with Gasteiger partial charge in [0, 0.05) is 13.1 Å². The zero-order valence-electron chi connectivity index (χ0n) is 9.18. The molecule has 0 aliphatic carbocycles. The van der Waals surface area contributed by atoms with E-state index in [2.05, 4.69) is 15.0 Å². The van der Waals surface area contributed by atoms with Crippen LogP contribution in [-0.4, -0.2) is 34.4 Å². The predicted molar refractivity (Wildman–Crippen MR) is 55.8 cm³/mol. The molecule has 0 bridgehead atoms. The number of rotatable bonds is 3. The monoisotopic (exact) mass is 211 g/mol. The molecule has 1 saturated heterocycles. The van der Waals surface area contributed by atoms with Crippen molar-refractivity contribution in [2.24, 2.45) is 0 Å². The van der Waals surface area contributed by atoms with Gasteiger partial charge in [-0.15, -0.1) is 0 Å². The van der Waals surface area contributed by atoms with Crippen LogP contribution in [0.25, 0.3) is 0 Å². The van der Waals surface area contributed by atoms with E-state index in [-0.39, 0.29) is 5.92 Å². The number of aromatic nitrogens is 2. The first-order valence-corrected chi connectivity index (χ1v) is 5.45. The molecule has 1 fully saturated rings. The zero-order chi connectivity index (χ0) is 10.8. The number of aliphatic hydroxyl groups excluding tert-OH is 1. The Morgan fingerprint density at radius 1 is 1.33 bits per heavy atom. The summed E-state index contributed by atoms with van der Waals surface area (Å²) in [6.45, 7) is 5.61. The first-order chi connectivity index (χ1) is 7.18. The molecule has 0 radical (unpaired) electrons. The first-order valence-electron chi connectivity index (χ1n) is 5.45. The molecule has 5 nitrogen and oxygen atoms in total. The molecule has 2 rings (SSSR count). The molecule has 0 spiro atoms. The Labute approximate surface area is 89.1 Å². The Bertz CT molecular complexity index is 302. The number of aliphatic hydroxyl groups is 1. The third-order valence-corrected chi connectivity index (χ3v) is 2.93. The molecule has 84 valence electrons. The van der Waals surface area contributed by atoms with Gasteiger partial charge in [-0.2, -0.15) is 4.98 Å². The smallest absolute Gasteiger partial charge is 0.266 e. The molecular weight excluding hydrogens is 194 g/mol. The minimum Gasteiger partial charge on any atom is -0.393 e. The third kappa shape index (κ3) is 2.12. The van der Waals surface area contributed by atoms with Crippen LogP contribution in [-0.2, 0) is 0 Å². The molecule has 15 heavy (non-hydrogen) atoms. The summed E-state index contributed by atoms with van der Waals surface area (Å²) in [6, 6.07) is 0. The molecule has 0 amide bonds. The minimum atomic E-state index is -0.461. The van der Waals surface area contributed by atoms with Gasteiger partial charge in [0.1, 0.15) is 0 Å². The zero-order valence-corrected chi connectivity index (χ0v) is 9.18. The molecule has 1 N–H and O–H groups in total. The van der Waals surface area contributed by atoms with Gasteiger partial charge in [0.2, 0.25) is 5.89 Å². The number of anilines is 1. The highest BCUT2D eigenvalue weighted by Crippen LogP contribution is 2.21. The minimum absolute atomic E-state index is 0.103. The van der Waals surface area contributed by atoms with Crippen molar-refractivity contribution < 1.29 is 9.63 Å². The second kappa shape index (κ2) is 4.18. The highest BCUT2D eigenvalue weighted by Gasteiger charge is 2.22. The lowest BCUT2D eigenvalue weighted by Gasteiger charge is -2.10. The van der Waals surface area contributed by atoms with Crippen LogP contribution < -0.4 is 4.90 Å². The van der Waals surface area contributed by atoms with Crippen molar-refractivity contribution in [2.75, 3.05) is 18.0 Å². The Kier molecular flexibility index (Phi) is 2.90. The number of hydrogen-bond acceptors (Lipinski definition) is 5. The van der Waals surface area contributed by atoms with Gasteiger partial charge in [-0.3, -0.25) is 0 Å². The van der Waals surface area contributed by atoms with E-state index in [1.807, 2.05) is 6.92 Å². The summed E-state index contributed by atoms with van der Waals surface area (Å²) in [7, 11) is 0. The van der Waals surface area contributed by atoms with E-state index in [0.717, 1.165) is 13.1 Å². The highest BCUT2D eigenvalue weighted by molar-refractivity contribution is 5.29. The molecule has 1 aromatic rings. The fourth-order valence-electron chi connectivity index (χ4n) is 1.66. The van der Waals surface area contributed by atoms with Crippen LogP contribution in [0.4, 0.5) is 5.95 Å². The maximum Gasteiger partial charge on any atom is 0.266 e. The van der Waals surface area contributed by atoms with E-state index < -0.39 is 6.10 Å². The SMILES string of the molecule is CC(O)C(C)c1nc(N2CCCC2)no1.